The zero-order chi connectivity index (χ0) is 12.1. The van der Waals surface area contributed by atoms with E-state index < -0.39 is 24.1 Å². The van der Waals surface area contributed by atoms with E-state index in [1.54, 1.807) is 0 Å². The van der Waals surface area contributed by atoms with E-state index in [2.05, 4.69) is 6.92 Å². The third-order valence-electron chi connectivity index (χ3n) is 3.32. The molecule has 0 bridgehead atoms. The Labute approximate surface area is 98.6 Å². The summed E-state index contributed by atoms with van der Waals surface area (Å²) in [6, 6.07) is 0. The summed E-state index contributed by atoms with van der Waals surface area (Å²) in [4.78, 5) is 0. The molecule has 96 valence electrons. The van der Waals surface area contributed by atoms with Crippen LogP contribution in [-0.2, 0) is 10.0 Å². The first-order chi connectivity index (χ1) is 7.54. The van der Waals surface area contributed by atoms with Crippen LogP contribution in [-0.4, -0.2) is 45.6 Å². The Morgan fingerprint density at radius 3 is 2.38 bits per heavy atom. The van der Waals surface area contributed by atoms with Crippen LogP contribution in [0.5, 0.6) is 0 Å². The van der Waals surface area contributed by atoms with E-state index in [0.29, 0.717) is 0 Å². The highest BCUT2D eigenvalue weighted by molar-refractivity contribution is 7.90. The van der Waals surface area contributed by atoms with Gasteiger partial charge in [-0.1, -0.05) is 6.92 Å². The molecule has 1 rings (SSSR count). The van der Waals surface area contributed by atoms with Gasteiger partial charge in [-0.25, -0.2) is 12.8 Å². The first kappa shape index (κ1) is 14.3. The Bertz CT molecular complexity index is 302. The number of rotatable bonds is 7. The normalized spacial score (nSPS) is 20.1. The maximum Gasteiger partial charge on any atom is 0.217 e. The molecule has 1 saturated heterocycles. The Morgan fingerprint density at radius 2 is 1.88 bits per heavy atom. The minimum absolute atomic E-state index is 0.116. The summed E-state index contributed by atoms with van der Waals surface area (Å²) in [5.74, 6) is 0.116. The van der Waals surface area contributed by atoms with E-state index in [9.17, 15) is 12.8 Å². The molecule has 1 N–H and O–H groups in total. The summed E-state index contributed by atoms with van der Waals surface area (Å²) in [5.41, 5.74) is 0. The molecule has 0 radical (unpaired) electrons. The van der Waals surface area contributed by atoms with Crippen LogP contribution in [0.4, 0.5) is 4.39 Å². The van der Waals surface area contributed by atoms with E-state index in [1.807, 2.05) is 4.72 Å². The fourth-order valence-electron chi connectivity index (χ4n) is 2.51. The van der Waals surface area contributed by atoms with Crippen molar-refractivity contribution in [1.82, 2.24) is 4.72 Å². The predicted octanol–water partition coefficient (Wildman–Crippen LogP) is 2.05. The molecule has 3 nitrogen and oxygen atoms in total. The van der Waals surface area contributed by atoms with Gasteiger partial charge in [-0.3, -0.25) is 0 Å². The van der Waals surface area contributed by atoms with Gasteiger partial charge in [0.2, 0.25) is 10.0 Å². The number of halogens is 1. The van der Waals surface area contributed by atoms with Gasteiger partial charge in [-0.2, -0.15) is 4.72 Å². The molecule has 0 aromatic heterocycles. The van der Waals surface area contributed by atoms with Crippen molar-refractivity contribution in [3.63, 3.8) is 0 Å². The monoisotopic (exact) mass is 270 g/mol. The van der Waals surface area contributed by atoms with Crippen molar-refractivity contribution in [2.75, 3.05) is 37.2 Å². The number of sulfonamides is 1. The van der Waals surface area contributed by atoms with Crippen molar-refractivity contribution in [3.8, 4) is 0 Å². The number of alkyl halides is 1. The van der Waals surface area contributed by atoms with Gasteiger partial charge in [-0.05, 0) is 19.3 Å². The van der Waals surface area contributed by atoms with Crippen molar-refractivity contribution >= 4 is 17.3 Å². The van der Waals surface area contributed by atoms with Crippen LogP contribution in [0.2, 0.25) is 0 Å². The van der Waals surface area contributed by atoms with Crippen LogP contribution < -0.4 is 4.72 Å². The molecule has 0 atom stereocenters. The van der Waals surface area contributed by atoms with Crippen molar-refractivity contribution < 1.29 is 12.8 Å². The van der Waals surface area contributed by atoms with E-state index >= 15 is 0 Å². The number of hydrogen-bond donors (Lipinski definition) is 1. The average molecular weight is 270 g/mol. The van der Waals surface area contributed by atoms with Gasteiger partial charge >= 0.3 is 0 Å². The van der Waals surface area contributed by atoms with Gasteiger partial charge in [0, 0.05) is 7.26 Å². The molecule has 0 aliphatic carbocycles. The lowest BCUT2D eigenvalue weighted by Crippen LogP contribution is -2.28. The fraction of sp³-hybridized carbons (Fsp3) is 1.00. The zero-order valence-electron chi connectivity index (χ0n) is 9.91. The molecule has 6 heteroatoms. The number of hydrogen-bond acceptors (Lipinski definition) is 2. The van der Waals surface area contributed by atoms with Gasteiger partial charge in [0.15, 0.2) is 6.80 Å². The van der Waals surface area contributed by atoms with Gasteiger partial charge in [0.25, 0.3) is 0 Å². The second-order valence-corrected chi connectivity index (χ2v) is 10.9. The van der Waals surface area contributed by atoms with Crippen LogP contribution in [0.25, 0.3) is 0 Å². The predicted molar refractivity (Wildman–Crippen MR) is 68.8 cm³/mol. The maximum atomic E-state index is 12.0. The second-order valence-electron chi connectivity index (χ2n) is 4.54. The SMILES string of the molecule is CCC[P+]1(CCS(=O)(=O)NCF)CCCC1. The molecular formula is C10H22FNO2PS+. The topological polar surface area (TPSA) is 46.2 Å². The summed E-state index contributed by atoms with van der Waals surface area (Å²) >= 11 is 0. The Balaban J connectivity index is 2.50. The summed E-state index contributed by atoms with van der Waals surface area (Å²) in [6.45, 7) is 1.18. The molecule has 0 spiro atoms. The van der Waals surface area contributed by atoms with Gasteiger partial charge in [0.05, 0.1) is 30.4 Å². The summed E-state index contributed by atoms with van der Waals surface area (Å²) in [6.07, 6.45) is 8.13. The highest BCUT2D eigenvalue weighted by atomic mass is 32.2. The lowest BCUT2D eigenvalue weighted by molar-refractivity contribution is 0.469. The maximum absolute atomic E-state index is 12.0. The van der Waals surface area contributed by atoms with Crippen LogP contribution >= 0.6 is 7.26 Å². The molecule has 0 saturated carbocycles. The standard InChI is InChI=1S/C10H22FNO2PS/c1-2-5-15(6-3-4-7-15)8-9-16(13,14)12-10-11/h12H,2-10H2,1H3/q+1. The Kier molecular flexibility index (Phi) is 5.62. The lowest BCUT2D eigenvalue weighted by atomic mass is 10.4. The van der Waals surface area contributed by atoms with E-state index in [-0.39, 0.29) is 5.75 Å². The van der Waals surface area contributed by atoms with Gasteiger partial charge in [0.1, 0.15) is 0 Å². The van der Waals surface area contributed by atoms with Crippen molar-refractivity contribution in [1.29, 1.82) is 0 Å². The van der Waals surface area contributed by atoms with Crippen LogP contribution in [0.15, 0.2) is 0 Å². The highest BCUT2D eigenvalue weighted by Crippen LogP contribution is 2.63. The van der Waals surface area contributed by atoms with Crippen LogP contribution in [0, 0.1) is 0 Å². The smallest absolute Gasteiger partial charge is 0.217 e. The molecule has 1 heterocycles. The highest BCUT2D eigenvalue weighted by Gasteiger charge is 2.40. The molecule has 16 heavy (non-hydrogen) atoms. The van der Waals surface area contributed by atoms with Crippen molar-refractivity contribution in [2.24, 2.45) is 0 Å². The van der Waals surface area contributed by atoms with Crippen molar-refractivity contribution in [3.05, 3.63) is 0 Å². The first-order valence-electron chi connectivity index (χ1n) is 5.92. The average Bonchev–Trinajstić information content (AvgIpc) is 2.65. The largest absolute Gasteiger partial charge is 0.233 e. The third kappa shape index (κ3) is 4.27. The quantitative estimate of drug-likeness (QED) is 0.568. The fourth-order valence-corrected chi connectivity index (χ4v) is 9.41. The van der Waals surface area contributed by atoms with Gasteiger partial charge < -0.3 is 0 Å². The van der Waals surface area contributed by atoms with E-state index in [0.717, 1.165) is 12.6 Å². The Morgan fingerprint density at radius 1 is 1.25 bits per heavy atom. The molecule has 1 aliphatic heterocycles. The molecule has 0 unspecified atom stereocenters. The van der Waals surface area contributed by atoms with Gasteiger partial charge in [-0.15, -0.1) is 0 Å². The molecule has 1 aliphatic rings. The summed E-state index contributed by atoms with van der Waals surface area (Å²) < 4.78 is 36.7. The summed E-state index contributed by atoms with van der Waals surface area (Å²) in [5, 5.41) is 0. The van der Waals surface area contributed by atoms with Crippen molar-refractivity contribution in [2.45, 2.75) is 26.2 Å². The Hall–Kier alpha value is 0.270. The summed E-state index contributed by atoms with van der Waals surface area (Å²) in [7, 11) is -4.38. The van der Waals surface area contributed by atoms with Crippen LogP contribution in [0.1, 0.15) is 26.2 Å². The minimum atomic E-state index is -3.37. The van der Waals surface area contributed by atoms with Crippen LogP contribution in [0.3, 0.4) is 0 Å². The molecule has 0 amide bonds. The minimum Gasteiger partial charge on any atom is -0.233 e. The van der Waals surface area contributed by atoms with E-state index in [1.165, 1.54) is 31.3 Å². The molecular weight excluding hydrogens is 248 g/mol. The molecule has 1 fully saturated rings. The molecule has 0 aromatic carbocycles. The zero-order valence-corrected chi connectivity index (χ0v) is 11.6. The lowest BCUT2D eigenvalue weighted by Gasteiger charge is -2.21. The second kappa shape index (κ2) is 6.27. The third-order valence-corrected chi connectivity index (χ3v) is 10.0. The molecule has 0 aromatic rings. The number of nitrogens with one attached hydrogen (secondary N) is 1. The van der Waals surface area contributed by atoms with E-state index in [4.69, 9.17) is 0 Å². The first-order valence-corrected chi connectivity index (χ1v) is 10.1.